The standard InChI is InChI=1S/C24H32/c1-3-5-6-10-22-17-19-24(20-18-22)12-8-7-11-23-15-13-21(9-4-2)14-16-23/h6,10,13-20H,3-5,7-9,11-12H2,1-2H3/b10-6+. The summed E-state index contributed by atoms with van der Waals surface area (Å²) in [6.45, 7) is 4.45. The summed E-state index contributed by atoms with van der Waals surface area (Å²) in [5.41, 5.74) is 5.72. The van der Waals surface area contributed by atoms with E-state index >= 15 is 0 Å². The van der Waals surface area contributed by atoms with E-state index in [0.717, 1.165) is 0 Å². The summed E-state index contributed by atoms with van der Waals surface area (Å²) >= 11 is 0. The molecule has 0 spiro atoms. The van der Waals surface area contributed by atoms with Crippen molar-refractivity contribution in [1.29, 1.82) is 0 Å². The van der Waals surface area contributed by atoms with Gasteiger partial charge >= 0.3 is 0 Å². The second-order valence-corrected chi connectivity index (χ2v) is 6.71. The second kappa shape index (κ2) is 10.9. The fraction of sp³-hybridized carbons (Fsp3) is 0.417. The van der Waals surface area contributed by atoms with Crippen molar-refractivity contribution < 1.29 is 0 Å². The molecule has 0 N–H and O–H groups in total. The van der Waals surface area contributed by atoms with Crippen LogP contribution >= 0.6 is 0 Å². The van der Waals surface area contributed by atoms with Crippen LogP contribution in [0.4, 0.5) is 0 Å². The van der Waals surface area contributed by atoms with Crippen LogP contribution in [0.1, 0.15) is 68.2 Å². The van der Waals surface area contributed by atoms with Crippen LogP contribution in [0.25, 0.3) is 6.08 Å². The first-order valence-electron chi connectivity index (χ1n) is 9.65. The summed E-state index contributed by atoms with van der Waals surface area (Å²) in [6, 6.07) is 18.3. The minimum absolute atomic E-state index is 1.17. The maximum atomic E-state index is 2.31. The molecule has 2 aromatic carbocycles. The minimum Gasteiger partial charge on any atom is -0.0840 e. The van der Waals surface area contributed by atoms with Gasteiger partial charge in [0.2, 0.25) is 0 Å². The van der Waals surface area contributed by atoms with Gasteiger partial charge in [-0.2, -0.15) is 0 Å². The molecule has 0 nitrogen and oxygen atoms in total. The average Bonchev–Trinajstić information content (AvgIpc) is 2.62. The molecule has 0 atom stereocenters. The lowest BCUT2D eigenvalue weighted by Gasteiger charge is -2.05. The van der Waals surface area contributed by atoms with E-state index < -0.39 is 0 Å². The van der Waals surface area contributed by atoms with Crippen molar-refractivity contribution in [3.05, 3.63) is 76.9 Å². The molecule has 0 aliphatic heterocycles. The number of allylic oxidation sites excluding steroid dienone is 1. The molecule has 2 rings (SSSR count). The van der Waals surface area contributed by atoms with Crippen LogP contribution in [0, 0.1) is 0 Å². The molecule has 0 heterocycles. The maximum Gasteiger partial charge on any atom is -0.0260 e. The lowest BCUT2D eigenvalue weighted by molar-refractivity contribution is 0.734. The molecular weight excluding hydrogens is 288 g/mol. The summed E-state index contributed by atoms with van der Waals surface area (Å²) in [4.78, 5) is 0. The van der Waals surface area contributed by atoms with Crippen molar-refractivity contribution in [3.8, 4) is 0 Å². The van der Waals surface area contributed by atoms with E-state index in [1.807, 2.05) is 0 Å². The van der Waals surface area contributed by atoms with Gasteiger partial charge in [0.05, 0.1) is 0 Å². The highest BCUT2D eigenvalue weighted by atomic mass is 14.0. The Kier molecular flexibility index (Phi) is 8.38. The number of benzene rings is 2. The molecule has 2 aromatic rings. The van der Waals surface area contributed by atoms with Crippen LogP contribution in [0.3, 0.4) is 0 Å². The zero-order valence-corrected chi connectivity index (χ0v) is 15.4. The van der Waals surface area contributed by atoms with Gasteiger partial charge in [0, 0.05) is 0 Å². The molecule has 0 heteroatoms. The Balaban J connectivity index is 1.70. The molecule has 24 heavy (non-hydrogen) atoms. The third-order valence-electron chi connectivity index (χ3n) is 4.49. The van der Waals surface area contributed by atoms with Gasteiger partial charge in [-0.25, -0.2) is 0 Å². The van der Waals surface area contributed by atoms with Gasteiger partial charge in [-0.3, -0.25) is 0 Å². The van der Waals surface area contributed by atoms with Crippen molar-refractivity contribution >= 4 is 6.08 Å². The Morgan fingerprint density at radius 2 is 1.12 bits per heavy atom. The first-order chi connectivity index (χ1) is 11.8. The van der Waals surface area contributed by atoms with E-state index in [1.54, 1.807) is 0 Å². The van der Waals surface area contributed by atoms with Crippen LogP contribution < -0.4 is 0 Å². The highest BCUT2D eigenvalue weighted by Gasteiger charge is 1.97. The van der Waals surface area contributed by atoms with E-state index in [2.05, 4.69) is 74.5 Å². The lowest BCUT2D eigenvalue weighted by Crippen LogP contribution is -1.90. The zero-order valence-electron chi connectivity index (χ0n) is 15.4. The topological polar surface area (TPSA) is 0 Å². The van der Waals surface area contributed by atoms with E-state index in [4.69, 9.17) is 0 Å². The first-order valence-corrected chi connectivity index (χ1v) is 9.65. The molecular formula is C24H32. The van der Waals surface area contributed by atoms with Gasteiger partial charge < -0.3 is 0 Å². The second-order valence-electron chi connectivity index (χ2n) is 6.71. The summed E-state index contributed by atoms with van der Waals surface area (Å²) in [5.74, 6) is 0. The molecule has 0 aromatic heterocycles. The summed E-state index contributed by atoms with van der Waals surface area (Å²) < 4.78 is 0. The van der Waals surface area contributed by atoms with Crippen LogP contribution in [-0.4, -0.2) is 0 Å². The van der Waals surface area contributed by atoms with E-state index in [1.165, 1.54) is 73.6 Å². The largest absolute Gasteiger partial charge is 0.0840 e. The van der Waals surface area contributed by atoms with Crippen molar-refractivity contribution in [2.45, 2.75) is 65.2 Å². The zero-order chi connectivity index (χ0) is 17.0. The van der Waals surface area contributed by atoms with Crippen molar-refractivity contribution in [1.82, 2.24) is 0 Å². The molecule has 0 aliphatic carbocycles. The third-order valence-corrected chi connectivity index (χ3v) is 4.49. The van der Waals surface area contributed by atoms with Gasteiger partial charge in [0.15, 0.2) is 0 Å². The molecule has 0 saturated carbocycles. The molecule has 0 fully saturated rings. The molecule has 0 unspecified atom stereocenters. The van der Waals surface area contributed by atoms with Crippen LogP contribution in [0.2, 0.25) is 0 Å². The lowest BCUT2D eigenvalue weighted by atomic mass is 10.0. The molecule has 128 valence electrons. The Morgan fingerprint density at radius 1 is 0.625 bits per heavy atom. The average molecular weight is 321 g/mol. The Bertz CT molecular complexity index is 587. The number of aryl methyl sites for hydroxylation is 3. The van der Waals surface area contributed by atoms with Crippen LogP contribution in [-0.2, 0) is 19.3 Å². The summed E-state index contributed by atoms with van der Waals surface area (Å²) in [6.07, 6.45) is 14.2. The molecule has 0 radical (unpaired) electrons. The van der Waals surface area contributed by atoms with Gasteiger partial charge in [-0.15, -0.1) is 0 Å². The Labute approximate surface area is 148 Å². The minimum atomic E-state index is 1.17. The third kappa shape index (κ3) is 6.74. The highest BCUT2D eigenvalue weighted by Crippen LogP contribution is 2.13. The SMILES string of the molecule is CCC/C=C/c1ccc(CCCCc2ccc(CCC)cc2)cc1. The Morgan fingerprint density at radius 3 is 1.62 bits per heavy atom. The van der Waals surface area contributed by atoms with Gasteiger partial charge in [-0.05, 0) is 60.8 Å². The fourth-order valence-electron chi connectivity index (χ4n) is 3.00. The molecule has 0 saturated heterocycles. The summed E-state index contributed by atoms with van der Waals surface area (Å²) in [5, 5.41) is 0. The Hall–Kier alpha value is -1.82. The quantitative estimate of drug-likeness (QED) is 0.413. The monoisotopic (exact) mass is 320 g/mol. The molecule has 0 amide bonds. The van der Waals surface area contributed by atoms with E-state index in [9.17, 15) is 0 Å². The summed E-state index contributed by atoms with van der Waals surface area (Å²) in [7, 11) is 0. The number of hydrogen-bond donors (Lipinski definition) is 0. The normalized spacial score (nSPS) is 11.2. The molecule has 0 aliphatic rings. The smallest absolute Gasteiger partial charge is 0.0260 e. The number of rotatable bonds is 10. The van der Waals surface area contributed by atoms with E-state index in [-0.39, 0.29) is 0 Å². The van der Waals surface area contributed by atoms with Gasteiger partial charge in [-0.1, -0.05) is 87.4 Å². The molecule has 0 bridgehead atoms. The van der Waals surface area contributed by atoms with E-state index in [0.29, 0.717) is 0 Å². The maximum absolute atomic E-state index is 2.31. The number of unbranched alkanes of at least 4 members (excludes halogenated alkanes) is 2. The first kappa shape index (κ1) is 18.5. The van der Waals surface area contributed by atoms with Gasteiger partial charge in [0.1, 0.15) is 0 Å². The predicted molar refractivity (Wildman–Crippen MR) is 107 cm³/mol. The predicted octanol–water partition coefficient (Wildman–Crippen LogP) is 7.02. The van der Waals surface area contributed by atoms with Crippen molar-refractivity contribution in [2.24, 2.45) is 0 Å². The highest BCUT2D eigenvalue weighted by molar-refractivity contribution is 5.49. The van der Waals surface area contributed by atoms with Crippen molar-refractivity contribution in [3.63, 3.8) is 0 Å². The van der Waals surface area contributed by atoms with Crippen LogP contribution in [0.15, 0.2) is 54.6 Å². The van der Waals surface area contributed by atoms with Gasteiger partial charge in [0.25, 0.3) is 0 Å². The fourth-order valence-corrected chi connectivity index (χ4v) is 3.00. The van der Waals surface area contributed by atoms with Crippen LogP contribution in [0.5, 0.6) is 0 Å². The van der Waals surface area contributed by atoms with Crippen molar-refractivity contribution in [2.75, 3.05) is 0 Å². The number of hydrogen-bond acceptors (Lipinski definition) is 0.